The summed E-state index contributed by atoms with van der Waals surface area (Å²) >= 11 is 5.87. The Bertz CT molecular complexity index is 3550. The maximum absolute atomic E-state index is 12.2. The zero-order chi connectivity index (χ0) is 42.7. The van der Waals surface area contributed by atoms with E-state index in [0.29, 0.717) is 11.1 Å². The molecule has 6 aromatic carbocycles. The van der Waals surface area contributed by atoms with Crippen LogP contribution >= 0.6 is 11.6 Å². The molecular formula is C33H18ClK4N9O12S4. The topological polar surface area (TPSA) is 356 Å². The number of nitrogens with one attached hydrogen (secondary N) is 3. The number of rotatable bonds is 10. The van der Waals surface area contributed by atoms with E-state index in [0.717, 1.165) is 54.6 Å². The molecule has 0 aliphatic carbocycles. The number of aromatic nitrogens is 3. The molecule has 30 heteroatoms. The summed E-state index contributed by atoms with van der Waals surface area (Å²) in [4.78, 5) is 7.07. The number of nitrogens with zero attached hydrogens (tertiary/aromatic N) is 6. The van der Waals surface area contributed by atoms with Crippen molar-refractivity contribution < 1.29 is 257 Å². The minimum atomic E-state index is -5.27. The van der Waals surface area contributed by atoms with Crippen molar-refractivity contribution in [3.05, 3.63) is 102 Å². The number of anilines is 2. The normalized spacial score (nSPS) is 12.1. The second kappa shape index (κ2) is 22.9. The van der Waals surface area contributed by atoms with E-state index in [-0.39, 0.29) is 261 Å². The molecule has 7 rings (SSSR count). The van der Waals surface area contributed by atoms with E-state index in [1.807, 2.05) is 0 Å². The number of benzene rings is 6. The third-order valence-electron chi connectivity index (χ3n) is 8.36. The monoisotopic (exact) mass is 1050 g/mol. The zero-order valence-corrected chi connectivity index (χ0v) is 49.3. The van der Waals surface area contributed by atoms with Gasteiger partial charge < -0.3 is 23.5 Å². The first-order valence-electron chi connectivity index (χ1n) is 15.9. The standard InChI is InChI=1S/C33H22ClN9O12S4.4K/c34-31-37-32(35)39-33(38-31)36-25-8-9-28(22-14-17(56(44,45)46)4-6-19(22)25)43-42-26-10-11-27(23-15-18(57(47,48)49)5-7-20(23)26)41-40-16-12-24-21(30(13-16)59(53,54)55)2-1-3-29(24)58(50,51)52;;;;/h1-15H,(H,44,45,46)(H,47,48,49)(H,50,51,52)(H,53,54,55)(H3,35,36,37,38,39);;;;/q;4*+1/p-4. The molecule has 0 bridgehead atoms. The van der Waals surface area contributed by atoms with Gasteiger partial charge in [-0.3, -0.25) is 10.4 Å². The fraction of sp³-hybridized carbons (Fsp3) is 0. The Morgan fingerprint density at radius 3 is 1.57 bits per heavy atom. The molecule has 0 fully saturated rings. The van der Waals surface area contributed by atoms with Crippen molar-refractivity contribution in [2.45, 2.75) is 19.6 Å². The quantitative estimate of drug-likeness (QED) is 0.0652. The SMILES string of the molecule is N=c1nc(Cl)nc(Nc2ccc(N=Nc3ccc(N=Nc4cc(S(=O)(=O)[O-])c5cccc(S(=O)(=O)[O-])c5c4)c4cc(S(=O)(=O)[O-])ccc34)c3cc(S(=O)(=O)[O-])ccc23)[nH]1.[K+].[K+].[K+].[K+]. The van der Waals surface area contributed by atoms with Gasteiger partial charge >= 0.3 is 206 Å². The summed E-state index contributed by atoms with van der Waals surface area (Å²) in [5.74, 6) is -0.00832. The van der Waals surface area contributed by atoms with E-state index in [1.165, 1.54) is 36.4 Å². The molecule has 0 unspecified atom stereocenters. The smallest absolute Gasteiger partial charge is 0.744 e. The molecule has 0 saturated heterocycles. The Hall–Kier alpha value is 0.385. The molecule has 0 atom stereocenters. The van der Waals surface area contributed by atoms with Gasteiger partial charge in [-0.05, 0) is 78.3 Å². The van der Waals surface area contributed by atoms with Crippen LogP contribution in [0.25, 0.3) is 32.3 Å². The summed E-state index contributed by atoms with van der Waals surface area (Å²) in [6, 6.07) is 16.9. The molecule has 63 heavy (non-hydrogen) atoms. The Morgan fingerprint density at radius 1 is 0.524 bits per heavy atom. The third-order valence-corrected chi connectivity index (χ3v) is 12.0. The minimum absolute atomic E-state index is 0. The fourth-order valence-corrected chi connectivity index (χ4v) is 8.42. The van der Waals surface area contributed by atoms with Gasteiger partial charge in [0.25, 0.3) is 0 Å². The van der Waals surface area contributed by atoms with Gasteiger partial charge in [-0.25, -0.2) is 33.7 Å². The maximum atomic E-state index is 12.2. The molecule has 0 aliphatic heterocycles. The van der Waals surface area contributed by atoms with Gasteiger partial charge in [0.15, 0.2) is 0 Å². The van der Waals surface area contributed by atoms with E-state index in [1.54, 1.807) is 0 Å². The third kappa shape index (κ3) is 13.8. The molecule has 0 amide bonds. The molecule has 302 valence electrons. The number of halogens is 1. The van der Waals surface area contributed by atoms with Crippen LogP contribution in [0.2, 0.25) is 5.28 Å². The summed E-state index contributed by atoms with van der Waals surface area (Å²) in [6.45, 7) is 0. The predicted molar refractivity (Wildman–Crippen MR) is 203 cm³/mol. The molecular weight excluding hydrogens is 1030 g/mol. The second-order valence-electron chi connectivity index (χ2n) is 12.1. The summed E-state index contributed by atoms with van der Waals surface area (Å²) in [5, 5.41) is 26.5. The van der Waals surface area contributed by atoms with Crippen LogP contribution in [-0.2, 0) is 40.5 Å². The molecule has 0 saturated carbocycles. The number of fused-ring (bicyclic) bond motifs is 3. The second-order valence-corrected chi connectivity index (χ2v) is 17.9. The number of aromatic amines is 1. The molecule has 1 aromatic heterocycles. The Labute approximate surface area is 532 Å². The molecule has 1 heterocycles. The van der Waals surface area contributed by atoms with Gasteiger partial charge in [-0.2, -0.15) is 15.1 Å². The van der Waals surface area contributed by atoms with Crippen molar-refractivity contribution in [2.75, 3.05) is 5.32 Å². The summed E-state index contributed by atoms with van der Waals surface area (Å²) in [5.41, 5.74) is -0.533. The summed E-state index contributed by atoms with van der Waals surface area (Å²) < 4.78 is 144. The number of hydrogen-bond acceptors (Lipinski definition) is 20. The van der Waals surface area contributed by atoms with Crippen molar-refractivity contribution in [1.82, 2.24) is 15.0 Å². The van der Waals surface area contributed by atoms with Crippen LogP contribution in [-0.4, -0.2) is 66.8 Å². The van der Waals surface area contributed by atoms with Crippen LogP contribution in [0, 0.1) is 5.41 Å². The van der Waals surface area contributed by atoms with E-state index in [4.69, 9.17) is 17.0 Å². The minimum Gasteiger partial charge on any atom is -0.744 e. The van der Waals surface area contributed by atoms with Crippen LogP contribution in [0.15, 0.2) is 131 Å². The van der Waals surface area contributed by atoms with Crippen LogP contribution in [0.3, 0.4) is 0 Å². The fourth-order valence-electron chi connectivity index (χ4n) is 5.87. The van der Waals surface area contributed by atoms with E-state index >= 15 is 0 Å². The summed E-state index contributed by atoms with van der Waals surface area (Å²) in [7, 11) is -20.5. The Kier molecular flexibility index (Phi) is 20.9. The van der Waals surface area contributed by atoms with E-state index in [2.05, 4.69) is 40.7 Å². The average molecular weight is 1050 g/mol. The van der Waals surface area contributed by atoms with Crippen molar-refractivity contribution in [1.29, 1.82) is 5.41 Å². The molecule has 3 N–H and O–H groups in total. The van der Waals surface area contributed by atoms with Gasteiger partial charge in [0.2, 0.25) is 16.9 Å². The molecule has 21 nitrogen and oxygen atoms in total. The number of H-pyrrole nitrogens is 1. The molecule has 0 radical (unpaired) electrons. The first-order chi connectivity index (χ1) is 27.6. The van der Waals surface area contributed by atoms with Gasteiger partial charge in [-0.1, -0.05) is 24.3 Å². The van der Waals surface area contributed by atoms with Gasteiger partial charge in [-0.15, -0.1) is 15.3 Å². The van der Waals surface area contributed by atoms with Crippen LogP contribution in [0.1, 0.15) is 0 Å². The average Bonchev–Trinajstić information content (AvgIpc) is 3.14. The first kappa shape index (κ1) is 57.7. The Morgan fingerprint density at radius 2 is 1.03 bits per heavy atom. The van der Waals surface area contributed by atoms with Crippen LogP contribution in [0.4, 0.5) is 34.4 Å². The molecule has 0 aliphatic rings. The number of azo groups is 2. The van der Waals surface area contributed by atoms with Crippen LogP contribution in [0.5, 0.6) is 0 Å². The number of hydrogen-bond donors (Lipinski definition) is 3. The zero-order valence-electron chi connectivity index (χ0n) is 32.8. The van der Waals surface area contributed by atoms with Gasteiger partial charge in [0.1, 0.15) is 40.5 Å². The van der Waals surface area contributed by atoms with Crippen molar-refractivity contribution in [3.8, 4) is 0 Å². The van der Waals surface area contributed by atoms with Crippen molar-refractivity contribution in [3.63, 3.8) is 0 Å². The van der Waals surface area contributed by atoms with Crippen molar-refractivity contribution in [2.24, 2.45) is 20.5 Å². The molecule has 7 aromatic rings. The maximum Gasteiger partial charge on any atom is 1.00 e. The van der Waals surface area contributed by atoms with Crippen molar-refractivity contribution >= 4 is 119 Å². The van der Waals surface area contributed by atoms with E-state index in [9.17, 15) is 51.9 Å². The molecule has 0 spiro atoms. The van der Waals surface area contributed by atoms with E-state index < -0.39 is 71.1 Å². The first-order valence-corrected chi connectivity index (χ1v) is 21.9. The predicted octanol–water partition coefficient (Wildman–Crippen LogP) is -6.40. The van der Waals surface area contributed by atoms with Gasteiger partial charge in [0, 0.05) is 38.0 Å². The Balaban J connectivity index is 0.00000264. The summed E-state index contributed by atoms with van der Waals surface area (Å²) in [6.07, 6.45) is 0. The van der Waals surface area contributed by atoms with Crippen LogP contribution < -0.4 is 216 Å². The largest absolute Gasteiger partial charge is 1.00 e. The van der Waals surface area contributed by atoms with Gasteiger partial charge in [0.05, 0.1) is 42.3 Å².